The zero-order valence-corrected chi connectivity index (χ0v) is 19.9. The number of nitrogens with zero attached hydrogens (tertiary/aromatic N) is 3. The third-order valence-corrected chi connectivity index (χ3v) is 6.56. The lowest BCUT2D eigenvalue weighted by Gasteiger charge is -2.29. The van der Waals surface area contributed by atoms with Crippen molar-refractivity contribution >= 4 is 10.9 Å². The Labute approximate surface area is 196 Å². The minimum atomic E-state index is -0.558. The number of methoxy groups -OCH3 is 2. The normalized spacial score (nSPS) is 15.4. The molecule has 0 aliphatic carbocycles. The average molecular weight is 462 g/mol. The van der Waals surface area contributed by atoms with Crippen LogP contribution >= 0.6 is 0 Å². The van der Waals surface area contributed by atoms with E-state index < -0.39 is 6.10 Å². The predicted molar refractivity (Wildman–Crippen MR) is 130 cm³/mol. The number of benzene rings is 2. The first-order valence-electron chi connectivity index (χ1n) is 11.1. The molecule has 0 saturated heterocycles. The highest BCUT2D eigenvalue weighted by Gasteiger charge is 2.35. The van der Waals surface area contributed by atoms with Gasteiger partial charge in [0.2, 0.25) is 0 Å². The van der Waals surface area contributed by atoms with Crippen LogP contribution in [0.1, 0.15) is 22.9 Å². The molecule has 0 saturated carbocycles. The third kappa shape index (κ3) is 3.09. The fraction of sp³-hybridized carbons (Fsp3) is 0.308. The van der Waals surface area contributed by atoms with E-state index in [9.17, 15) is 9.59 Å². The molecular formula is C26H27N3O5. The molecule has 2 aromatic heterocycles. The van der Waals surface area contributed by atoms with Crippen molar-refractivity contribution in [2.24, 2.45) is 14.1 Å². The lowest BCUT2D eigenvalue weighted by Crippen LogP contribution is -2.37. The van der Waals surface area contributed by atoms with Gasteiger partial charge in [0.1, 0.15) is 6.10 Å². The molecule has 0 N–H and O–H groups in total. The second-order valence-electron chi connectivity index (χ2n) is 8.52. The summed E-state index contributed by atoms with van der Waals surface area (Å²) in [6, 6.07) is 13.7. The van der Waals surface area contributed by atoms with Gasteiger partial charge in [0.15, 0.2) is 11.5 Å². The maximum atomic E-state index is 13.5. The second-order valence-corrected chi connectivity index (χ2v) is 8.52. The fourth-order valence-electron chi connectivity index (χ4n) is 5.03. The van der Waals surface area contributed by atoms with Crippen molar-refractivity contribution in [1.82, 2.24) is 13.7 Å². The van der Waals surface area contributed by atoms with Crippen LogP contribution in [0.15, 0.2) is 52.1 Å². The molecule has 0 amide bonds. The molecule has 5 rings (SSSR count). The molecule has 0 spiro atoms. The Morgan fingerprint density at radius 3 is 2.47 bits per heavy atom. The van der Waals surface area contributed by atoms with Gasteiger partial charge in [-0.25, -0.2) is 4.79 Å². The monoisotopic (exact) mass is 461 g/mol. The van der Waals surface area contributed by atoms with Gasteiger partial charge in [0.25, 0.3) is 5.56 Å². The summed E-state index contributed by atoms with van der Waals surface area (Å²) < 4.78 is 22.3. The quantitative estimate of drug-likeness (QED) is 0.467. The van der Waals surface area contributed by atoms with Crippen molar-refractivity contribution in [3.8, 4) is 22.8 Å². The molecule has 176 valence electrons. The zero-order valence-electron chi connectivity index (χ0n) is 19.9. The minimum absolute atomic E-state index is 0.326. The number of ether oxygens (including phenoxy) is 3. The second kappa shape index (κ2) is 8.22. The molecule has 1 aliphatic rings. The van der Waals surface area contributed by atoms with Gasteiger partial charge < -0.3 is 18.8 Å². The van der Waals surface area contributed by atoms with Gasteiger partial charge >= 0.3 is 5.69 Å². The highest BCUT2D eigenvalue weighted by atomic mass is 16.5. The van der Waals surface area contributed by atoms with Crippen molar-refractivity contribution in [2.75, 3.05) is 20.8 Å². The summed E-state index contributed by atoms with van der Waals surface area (Å²) in [7, 11) is 6.38. The van der Waals surface area contributed by atoms with Gasteiger partial charge in [0, 0.05) is 26.2 Å². The Hall–Kier alpha value is -3.78. The maximum Gasteiger partial charge on any atom is 0.331 e. The van der Waals surface area contributed by atoms with E-state index in [0.29, 0.717) is 35.6 Å². The molecule has 8 heteroatoms. The number of hydrogen-bond donors (Lipinski definition) is 0. The number of aromatic nitrogens is 3. The van der Waals surface area contributed by atoms with Crippen molar-refractivity contribution in [2.45, 2.75) is 19.6 Å². The van der Waals surface area contributed by atoms with Gasteiger partial charge in [-0.2, -0.15) is 0 Å². The summed E-state index contributed by atoms with van der Waals surface area (Å²) in [5.74, 6) is 1.14. The average Bonchev–Trinajstić information content (AvgIpc) is 3.21. The standard InChI is InChI=1S/C26H27N3O5/c1-15-8-6-9-16(14-15)20-19-21(27(2)26(31)28(3)25(19)30)22-24(34-13-12-29(20)22)17-10-7-11-18(32-4)23(17)33-5/h6-11,14,24H,12-13H2,1-5H3. The SMILES string of the molecule is COc1cccc(C2OCCn3c(-c4cccc(C)c4)c4c(=O)n(C)c(=O)n(C)c4c32)c1OC. The first-order valence-corrected chi connectivity index (χ1v) is 11.1. The smallest absolute Gasteiger partial charge is 0.331 e. The van der Waals surface area contributed by atoms with Crippen LogP contribution in [0.4, 0.5) is 0 Å². The van der Waals surface area contributed by atoms with Crippen LogP contribution in [0.25, 0.3) is 22.2 Å². The Bertz CT molecular complexity index is 1540. The molecular weight excluding hydrogens is 434 g/mol. The molecule has 0 bridgehead atoms. The van der Waals surface area contributed by atoms with E-state index in [1.807, 2.05) is 43.3 Å². The Morgan fingerprint density at radius 1 is 1.00 bits per heavy atom. The van der Waals surface area contributed by atoms with Crippen molar-refractivity contribution in [3.05, 3.63) is 80.1 Å². The van der Waals surface area contributed by atoms with Gasteiger partial charge in [0.05, 0.1) is 43.1 Å². The molecule has 34 heavy (non-hydrogen) atoms. The highest BCUT2D eigenvalue weighted by molar-refractivity contribution is 5.96. The van der Waals surface area contributed by atoms with E-state index in [0.717, 1.165) is 32.6 Å². The van der Waals surface area contributed by atoms with Crippen LogP contribution in [0.3, 0.4) is 0 Å². The molecule has 1 atom stereocenters. The molecule has 8 nitrogen and oxygen atoms in total. The van der Waals surface area contributed by atoms with Crippen LogP contribution < -0.4 is 20.7 Å². The molecule has 0 fully saturated rings. The highest BCUT2D eigenvalue weighted by Crippen LogP contribution is 2.45. The number of rotatable bonds is 4. The number of para-hydroxylation sites is 1. The Balaban J connectivity index is 1.94. The lowest BCUT2D eigenvalue weighted by molar-refractivity contribution is 0.0462. The van der Waals surface area contributed by atoms with E-state index in [2.05, 4.69) is 10.6 Å². The maximum absolute atomic E-state index is 13.5. The summed E-state index contributed by atoms with van der Waals surface area (Å²) in [6.45, 7) is 3.01. The van der Waals surface area contributed by atoms with Crippen molar-refractivity contribution in [3.63, 3.8) is 0 Å². The first kappa shape index (κ1) is 22.0. The topological polar surface area (TPSA) is 76.6 Å². The van der Waals surface area contributed by atoms with Crippen LogP contribution in [0.2, 0.25) is 0 Å². The summed E-state index contributed by atoms with van der Waals surface area (Å²) in [5, 5.41) is 0.502. The zero-order chi connectivity index (χ0) is 24.1. The molecule has 0 radical (unpaired) electrons. The van der Waals surface area contributed by atoms with E-state index >= 15 is 0 Å². The predicted octanol–water partition coefficient (Wildman–Crippen LogP) is 3.15. The number of aryl methyl sites for hydroxylation is 2. The van der Waals surface area contributed by atoms with Crippen molar-refractivity contribution in [1.29, 1.82) is 0 Å². The fourth-order valence-corrected chi connectivity index (χ4v) is 5.03. The van der Waals surface area contributed by atoms with Crippen LogP contribution in [0, 0.1) is 6.92 Å². The van der Waals surface area contributed by atoms with Gasteiger partial charge in [-0.1, -0.05) is 35.9 Å². The van der Waals surface area contributed by atoms with Gasteiger partial charge in [-0.05, 0) is 24.6 Å². The van der Waals surface area contributed by atoms with Crippen LogP contribution in [-0.4, -0.2) is 34.5 Å². The molecule has 1 unspecified atom stereocenters. The molecule has 3 heterocycles. The summed E-state index contributed by atoms with van der Waals surface area (Å²) in [5.41, 5.74) is 4.18. The van der Waals surface area contributed by atoms with E-state index in [1.165, 1.54) is 11.6 Å². The van der Waals surface area contributed by atoms with Crippen LogP contribution in [-0.2, 0) is 25.4 Å². The largest absolute Gasteiger partial charge is 0.493 e. The molecule has 2 aromatic carbocycles. The molecule has 1 aliphatic heterocycles. The number of fused-ring (bicyclic) bond motifs is 3. The first-order chi connectivity index (χ1) is 16.4. The van der Waals surface area contributed by atoms with Crippen molar-refractivity contribution < 1.29 is 14.2 Å². The lowest BCUT2D eigenvalue weighted by atomic mass is 10.0. The summed E-state index contributed by atoms with van der Waals surface area (Å²) >= 11 is 0. The Morgan fingerprint density at radius 2 is 1.76 bits per heavy atom. The van der Waals surface area contributed by atoms with Gasteiger partial charge in [-0.3, -0.25) is 13.9 Å². The number of hydrogen-bond acceptors (Lipinski definition) is 5. The summed E-state index contributed by atoms with van der Waals surface area (Å²) in [6.07, 6.45) is -0.558. The van der Waals surface area contributed by atoms with E-state index in [1.54, 1.807) is 21.3 Å². The van der Waals surface area contributed by atoms with E-state index in [4.69, 9.17) is 14.2 Å². The molecule has 4 aromatic rings. The minimum Gasteiger partial charge on any atom is -0.493 e. The summed E-state index contributed by atoms with van der Waals surface area (Å²) in [4.78, 5) is 26.5. The van der Waals surface area contributed by atoms with Crippen LogP contribution in [0.5, 0.6) is 11.5 Å². The van der Waals surface area contributed by atoms with E-state index in [-0.39, 0.29) is 11.2 Å². The Kier molecular flexibility index (Phi) is 5.32. The third-order valence-electron chi connectivity index (χ3n) is 6.56. The van der Waals surface area contributed by atoms with Gasteiger partial charge in [-0.15, -0.1) is 0 Å².